The van der Waals surface area contributed by atoms with Crippen LogP contribution in [0.4, 0.5) is 0 Å². The molecule has 6 heteroatoms. The number of rotatable bonds is 4. The van der Waals surface area contributed by atoms with E-state index in [1.165, 1.54) is 30.0 Å². The maximum Gasteiger partial charge on any atom is 0.220 e. The van der Waals surface area contributed by atoms with E-state index in [1.807, 2.05) is 24.3 Å². The first kappa shape index (κ1) is 14.3. The molecular weight excluding hydrogens is 300 g/mol. The summed E-state index contributed by atoms with van der Waals surface area (Å²) in [6.07, 6.45) is 0. The number of Topliss-reactive ketones (excluding diaryl/α,β-unsaturated/α-hetero) is 1. The highest BCUT2D eigenvalue weighted by molar-refractivity contribution is 7.99. The molecule has 1 heterocycles. The molecule has 0 aliphatic rings. The summed E-state index contributed by atoms with van der Waals surface area (Å²) >= 11 is 1.23. The number of carbonyl (C=O) groups is 1. The average molecular weight is 312 g/mol. The minimum Gasteiger partial charge on any atom is -0.504 e. The molecule has 0 saturated heterocycles. The first-order valence-corrected chi connectivity index (χ1v) is 7.57. The van der Waals surface area contributed by atoms with Crippen LogP contribution in [-0.2, 0) is 0 Å². The zero-order chi connectivity index (χ0) is 15.5. The van der Waals surface area contributed by atoms with Crippen LogP contribution in [0.3, 0.4) is 0 Å². The van der Waals surface area contributed by atoms with E-state index >= 15 is 0 Å². The number of imidazole rings is 1. The lowest BCUT2D eigenvalue weighted by atomic mass is 10.2. The Hall–Kier alpha value is -2.60. The summed E-state index contributed by atoms with van der Waals surface area (Å²) in [5, 5.41) is 10.4. The number of ketones is 1. The van der Waals surface area contributed by atoms with Crippen molar-refractivity contribution in [3.63, 3.8) is 0 Å². The lowest BCUT2D eigenvalue weighted by Crippen LogP contribution is -2.06. The molecule has 2 aromatic carbocycles. The number of hydrogen-bond acceptors (Lipinski definition) is 5. The van der Waals surface area contributed by atoms with Crippen LogP contribution in [0.15, 0.2) is 58.5 Å². The lowest BCUT2D eigenvalue weighted by Gasteiger charge is -1.99. The number of nitrogens with zero attached hydrogens (tertiary/aromatic N) is 1. The Kier molecular flexibility index (Phi) is 3.93. The Morgan fingerprint density at radius 3 is 2.68 bits per heavy atom. The van der Waals surface area contributed by atoms with Crippen LogP contribution in [-0.4, -0.2) is 26.6 Å². The van der Waals surface area contributed by atoms with Gasteiger partial charge in [-0.25, -0.2) is 4.98 Å². The zero-order valence-corrected chi connectivity index (χ0v) is 12.3. The van der Waals surface area contributed by atoms with Crippen LogP contribution in [0, 0.1) is 0 Å². The molecule has 0 radical (unpaired) electrons. The molecule has 0 amide bonds. The van der Waals surface area contributed by atoms with Crippen LogP contribution in [0.25, 0.3) is 11.0 Å². The van der Waals surface area contributed by atoms with E-state index in [2.05, 4.69) is 9.97 Å². The van der Waals surface area contributed by atoms with E-state index in [-0.39, 0.29) is 17.1 Å². The second-order valence-corrected chi connectivity index (χ2v) is 5.58. The minimum atomic E-state index is -0.568. The molecule has 0 spiro atoms. The summed E-state index contributed by atoms with van der Waals surface area (Å²) in [5.41, 5.74) is 1.18. The van der Waals surface area contributed by atoms with Gasteiger partial charge in [-0.1, -0.05) is 36.0 Å². The molecule has 0 bridgehead atoms. The predicted molar refractivity (Wildman–Crippen MR) is 85.5 cm³/mol. The maximum absolute atomic E-state index is 12.2. The van der Waals surface area contributed by atoms with Gasteiger partial charge in [-0.05, 0) is 24.3 Å². The number of benzene rings is 1. The smallest absolute Gasteiger partial charge is 0.220 e. The molecule has 110 valence electrons. The maximum atomic E-state index is 12.2. The number of para-hydroxylation sites is 2. The molecule has 0 atom stereocenters. The summed E-state index contributed by atoms with van der Waals surface area (Å²) in [5.74, 6) is -0.756. The van der Waals surface area contributed by atoms with E-state index < -0.39 is 11.2 Å². The lowest BCUT2D eigenvalue weighted by molar-refractivity contribution is 0.102. The van der Waals surface area contributed by atoms with Crippen LogP contribution in [0.5, 0.6) is 5.75 Å². The standard InChI is InChI=1S/C16H12N2O3S/c19-13-8-4-1-5-10(15(13)21)14(20)9-22-16-17-11-6-2-3-7-12(11)18-16/h1-8H,9H2,(H,17,18)(H,19,21). The highest BCUT2D eigenvalue weighted by atomic mass is 32.2. The normalized spacial score (nSPS) is 10.7. The summed E-state index contributed by atoms with van der Waals surface area (Å²) in [6.45, 7) is 0. The van der Waals surface area contributed by atoms with Crippen LogP contribution >= 0.6 is 11.8 Å². The topological polar surface area (TPSA) is 83.0 Å². The Morgan fingerprint density at radius 2 is 1.86 bits per heavy atom. The number of hydrogen-bond donors (Lipinski definition) is 2. The van der Waals surface area contributed by atoms with Gasteiger partial charge >= 0.3 is 0 Å². The Balaban J connectivity index is 1.79. The molecule has 1 aromatic heterocycles. The van der Waals surface area contributed by atoms with Crippen LogP contribution in [0.2, 0.25) is 0 Å². The number of carbonyl (C=O) groups excluding carboxylic acids is 1. The van der Waals surface area contributed by atoms with Gasteiger partial charge in [0.1, 0.15) is 0 Å². The first-order valence-electron chi connectivity index (χ1n) is 6.58. The highest BCUT2D eigenvalue weighted by Crippen LogP contribution is 2.21. The predicted octanol–water partition coefficient (Wildman–Crippen LogP) is 2.60. The van der Waals surface area contributed by atoms with Gasteiger partial charge in [0.2, 0.25) is 5.43 Å². The number of fused-ring (bicyclic) bond motifs is 1. The van der Waals surface area contributed by atoms with Crippen molar-refractivity contribution in [3.05, 3.63) is 64.3 Å². The monoisotopic (exact) mass is 312 g/mol. The molecule has 0 saturated carbocycles. The van der Waals surface area contributed by atoms with Crippen molar-refractivity contribution in [2.75, 3.05) is 5.75 Å². The van der Waals surface area contributed by atoms with Crippen molar-refractivity contribution in [1.82, 2.24) is 9.97 Å². The van der Waals surface area contributed by atoms with Gasteiger partial charge in [-0.2, -0.15) is 0 Å². The van der Waals surface area contributed by atoms with Gasteiger partial charge < -0.3 is 10.1 Å². The third kappa shape index (κ3) is 2.87. The van der Waals surface area contributed by atoms with Gasteiger partial charge in [-0.3, -0.25) is 9.59 Å². The molecule has 5 nitrogen and oxygen atoms in total. The number of aromatic hydroxyl groups is 1. The number of aromatic nitrogens is 2. The third-order valence-corrected chi connectivity index (χ3v) is 3.99. The van der Waals surface area contributed by atoms with Crippen molar-refractivity contribution in [2.45, 2.75) is 5.16 Å². The summed E-state index contributed by atoms with van der Waals surface area (Å²) < 4.78 is 0. The first-order chi connectivity index (χ1) is 10.6. The Bertz CT molecular complexity index is 872. The fourth-order valence-electron chi connectivity index (χ4n) is 2.02. The van der Waals surface area contributed by atoms with Crippen molar-refractivity contribution in [1.29, 1.82) is 0 Å². The van der Waals surface area contributed by atoms with Gasteiger partial charge in [0, 0.05) is 0 Å². The van der Waals surface area contributed by atoms with Crippen molar-refractivity contribution >= 4 is 28.6 Å². The molecule has 22 heavy (non-hydrogen) atoms. The Labute approximate surface area is 130 Å². The van der Waals surface area contributed by atoms with Gasteiger partial charge in [0.25, 0.3) is 0 Å². The van der Waals surface area contributed by atoms with E-state index in [4.69, 9.17) is 0 Å². The number of thioether (sulfide) groups is 1. The fourth-order valence-corrected chi connectivity index (χ4v) is 2.79. The van der Waals surface area contributed by atoms with E-state index in [9.17, 15) is 14.7 Å². The molecule has 3 rings (SSSR count). The van der Waals surface area contributed by atoms with Crippen LogP contribution < -0.4 is 5.43 Å². The van der Waals surface area contributed by atoms with Gasteiger partial charge in [0.05, 0.1) is 22.3 Å². The molecular formula is C16H12N2O3S. The molecule has 3 aromatic rings. The highest BCUT2D eigenvalue weighted by Gasteiger charge is 2.13. The second-order valence-electron chi connectivity index (χ2n) is 4.62. The molecule has 0 aliphatic carbocycles. The molecule has 0 aliphatic heterocycles. The summed E-state index contributed by atoms with van der Waals surface area (Å²) in [6, 6.07) is 13.3. The van der Waals surface area contributed by atoms with E-state index in [1.54, 1.807) is 6.07 Å². The SMILES string of the molecule is O=C(CSc1nc2ccccc2[nH]1)c1ccccc(=O)c1O. The fraction of sp³-hybridized carbons (Fsp3) is 0.0625. The quantitative estimate of drug-likeness (QED) is 0.571. The van der Waals surface area contributed by atoms with E-state index in [0.29, 0.717) is 5.16 Å². The average Bonchev–Trinajstić information content (AvgIpc) is 2.87. The Morgan fingerprint density at radius 1 is 1.14 bits per heavy atom. The summed E-state index contributed by atoms with van der Waals surface area (Å²) in [4.78, 5) is 31.2. The summed E-state index contributed by atoms with van der Waals surface area (Å²) in [7, 11) is 0. The third-order valence-electron chi connectivity index (χ3n) is 3.12. The minimum absolute atomic E-state index is 0.0265. The number of H-pyrrole nitrogens is 1. The second kappa shape index (κ2) is 6.03. The van der Waals surface area contributed by atoms with E-state index in [0.717, 1.165) is 11.0 Å². The largest absolute Gasteiger partial charge is 0.504 e. The van der Waals surface area contributed by atoms with Crippen molar-refractivity contribution < 1.29 is 9.90 Å². The van der Waals surface area contributed by atoms with Gasteiger partial charge in [0.15, 0.2) is 16.7 Å². The number of aromatic amines is 1. The molecule has 0 unspecified atom stereocenters. The molecule has 2 N–H and O–H groups in total. The van der Waals surface area contributed by atoms with Crippen molar-refractivity contribution in [2.24, 2.45) is 0 Å². The molecule has 0 fully saturated rings. The zero-order valence-electron chi connectivity index (χ0n) is 11.4. The van der Waals surface area contributed by atoms with Gasteiger partial charge in [-0.15, -0.1) is 0 Å². The van der Waals surface area contributed by atoms with Crippen molar-refractivity contribution in [3.8, 4) is 5.75 Å². The van der Waals surface area contributed by atoms with Crippen LogP contribution in [0.1, 0.15) is 10.4 Å². The number of nitrogens with one attached hydrogen (secondary N) is 1.